The number of aromatic amines is 1. The van der Waals surface area contributed by atoms with Crippen LogP contribution in [0.5, 0.6) is 0 Å². The Bertz CT molecular complexity index is 2190. The molecule has 1 aliphatic carbocycles. The number of fused-ring (bicyclic) bond motifs is 1. The van der Waals surface area contributed by atoms with Gasteiger partial charge in [0, 0.05) is 36.1 Å². The van der Waals surface area contributed by atoms with E-state index in [0.717, 1.165) is 24.1 Å². The normalized spacial score (nSPS) is 18.5. The number of aromatic nitrogens is 4. The molecule has 2 aliphatic rings. The van der Waals surface area contributed by atoms with E-state index in [1.54, 1.807) is 13.0 Å². The van der Waals surface area contributed by atoms with Gasteiger partial charge in [-0.3, -0.25) is 0 Å². The first-order chi connectivity index (χ1) is 23.1. The molecule has 10 nitrogen and oxygen atoms in total. The highest BCUT2D eigenvalue weighted by Gasteiger charge is 2.48. The van der Waals surface area contributed by atoms with Crippen molar-refractivity contribution in [3.8, 4) is 11.8 Å². The van der Waals surface area contributed by atoms with Gasteiger partial charge in [0.05, 0.1) is 38.6 Å². The van der Waals surface area contributed by atoms with Crippen LogP contribution < -0.4 is 4.90 Å². The summed E-state index contributed by atoms with van der Waals surface area (Å²) >= 11 is 5.95. The maximum atomic E-state index is 13.5. The topological polar surface area (TPSA) is 145 Å². The molecule has 0 radical (unpaired) electrons. The van der Waals surface area contributed by atoms with Gasteiger partial charge in [-0.25, -0.2) is 27.3 Å². The van der Waals surface area contributed by atoms with Crippen molar-refractivity contribution in [1.29, 1.82) is 5.26 Å². The number of alkyl halides is 3. The van der Waals surface area contributed by atoms with Crippen LogP contribution in [0.25, 0.3) is 16.6 Å². The number of aryl methyl sites for hydroxylation is 1. The van der Waals surface area contributed by atoms with Gasteiger partial charge in [-0.2, -0.15) is 23.5 Å². The second kappa shape index (κ2) is 12.5. The van der Waals surface area contributed by atoms with Crippen LogP contribution in [0.4, 0.5) is 23.4 Å². The van der Waals surface area contributed by atoms with Crippen molar-refractivity contribution < 1.29 is 35.9 Å². The van der Waals surface area contributed by atoms with Crippen LogP contribution >= 0.6 is 11.6 Å². The number of H-pyrrole nitrogens is 1. The minimum Gasteiger partial charge on any atom is -0.480 e. The van der Waals surface area contributed by atoms with Gasteiger partial charge in [-0.15, -0.1) is 0 Å². The van der Waals surface area contributed by atoms with Gasteiger partial charge < -0.3 is 15.0 Å². The van der Waals surface area contributed by atoms with Gasteiger partial charge in [0.2, 0.25) is 0 Å². The summed E-state index contributed by atoms with van der Waals surface area (Å²) in [5, 5.41) is 23.0. The fourth-order valence-electron chi connectivity index (χ4n) is 5.96. The summed E-state index contributed by atoms with van der Waals surface area (Å²) < 4.78 is 81.9. The van der Waals surface area contributed by atoms with Crippen molar-refractivity contribution in [2.24, 2.45) is 0 Å². The molecule has 2 fully saturated rings. The fourth-order valence-corrected chi connectivity index (χ4v) is 8.02. The van der Waals surface area contributed by atoms with Crippen LogP contribution in [0, 0.1) is 24.1 Å². The summed E-state index contributed by atoms with van der Waals surface area (Å²) in [6.07, 6.45) is -2.23. The number of benzene rings is 2. The molecular formula is C33H27ClF4N6O4S. The van der Waals surface area contributed by atoms with Crippen molar-refractivity contribution in [1.82, 2.24) is 19.7 Å². The summed E-state index contributed by atoms with van der Waals surface area (Å²) in [5.74, 6) is -2.40. The maximum Gasteiger partial charge on any atom is 0.417 e. The molecule has 2 aromatic carbocycles. The molecule has 0 spiro atoms. The van der Waals surface area contributed by atoms with E-state index in [2.05, 4.69) is 33.3 Å². The number of pyridine rings is 1. The number of hydrogen-bond acceptors (Lipinski definition) is 7. The summed E-state index contributed by atoms with van der Waals surface area (Å²) in [4.78, 5) is 19.4. The third-order valence-corrected chi connectivity index (χ3v) is 11.0. The molecule has 254 valence electrons. The molecule has 1 saturated heterocycles. The molecule has 1 aliphatic heterocycles. The average Bonchev–Trinajstić information content (AvgIpc) is 3.35. The van der Waals surface area contributed by atoms with E-state index in [9.17, 15) is 35.9 Å². The van der Waals surface area contributed by atoms with Crippen LogP contribution in [0.1, 0.15) is 36.2 Å². The van der Waals surface area contributed by atoms with Crippen molar-refractivity contribution in [3.05, 3.63) is 101 Å². The number of sulfone groups is 1. The molecule has 49 heavy (non-hydrogen) atoms. The molecule has 7 rings (SSSR count). The zero-order valence-electron chi connectivity index (χ0n) is 25.6. The number of carboxylic acid groups (broad SMARTS) is 1. The third-order valence-electron chi connectivity index (χ3n) is 8.61. The van der Waals surface area contributed by atoms with Crippen LogP contribution in [0.15, 0.2) is 77.8 Å². The molecule has 0 unspecified atom stereocenters. The molecule has 2 atom stereocenters. The number of nitrogens with zero attached hydrogens (tertiary/aromatic N) is 5. The van der Waals surface area contributed by atoms with E-state index >= 15 is 0 Å². The monoisotopic (exact) mass is 714 g/mol. The van der Waals surface area contributed by atoms with Gasteiger partial charge in [-0.05, 0) is 68.0 Å². The minimum atomic E-state index is -5.13. The predicted octanol–water partition coefficient (Wildman–Crippen LogP) is 6.62. The number of rotatable bonds is 6. The molecule has 4 heterocycles. The lowest BCUT2D eigenvalue weighted by Gasteiger charge is -2.24. The predicted molar refractivity (Wildman–Crippen MR) is 172 cm³/mol. The van der Waals surface area contributed by atoms with Crippen molar-refractivity contribution in [2.45, 2.75) is 54.0 Å². The highest BCUT2D eigenvalue weighted by molar-refractivity contribution is 7.92. The summed E-state index contributed by atoms with van der Waals surface area (Å²) in [6.45, 7) is 1.20. The molecule has 0 amide bonds. The van der Waals surface area contributed by atoms with Crippen molar-refractivity contribution in [3.63, 3.8) is 0 Å². The molecule has 5 aromatic rings. The number of aliphatic carboxylic acids is 1. The first-order valence-corrected chi connectivity index (χ1v) is 16.8. The lowest BCUT2D eigenvalue weighted by molar-refractivity contribution is -0.140. The van der Waals surface area contributed by atoms with Crippen LogP contribution in [-0.4, -0.2) is 57.1 Å². The van der Waals surface area contributed by atoms with Gasteiger partial charge in [-0.1, -0.05) is 29.8 Å². The zero-order chi connectivity index (χ0) is 35.3. The Morgan fingerprint density at radius 2 is 1.86 bits per heavy atom. The Labute approximate surface area is 282 Å². The number of carbonyl (C=O) groups is 1. The first-order valence-electron chi connectivity index (χ1n) is 14.9. The largest absolute Gasteiger partial charge is 0.480 e. The van der Waals surface area contributed by atoms with Crippen molar-refractivity contribution in [2.75, 3.05) is 11.4 Å². The van der Waals surface area contributed by atoms with Crippen LogP contribution in [0.2, 0.25) is 5.15 Å². The number of hydrogen-bond donors (Lipinski definition) is 2. The summed E-state index contributed by atoms with van der Waals surface area (Å²) in [6, 6.07) is 17.1. The number of para-hydroxylation sites is 1. The van der Waals surface area contributed by atoms with E-state index in [0.29, 0.717) is 23.5 Å². The molecule has 1 saturated carbocycles. The maximum absolute atomic E-state index is 13.5. The Kier molecular flexibility index (Phi) is 8.66. The highest BCUT2D eigenvalue weighted by atomic mass is 35.5. The first kappa shape index (κ1) is 33.9. The Hall–Kier alpha value is -4.94. The van der Waals surface area contributed by atoms with E-state index in [1.165, 1.54) is 33.3 Å². The number of halogens is 5. The number of nitrogens with one attached hydrogen (secondary N) is 1. The molecule has 16 heteroatoms. The van der Waals surface area contributed by atoms with E-state index in [-0.39, 0.29) is 22.5 Å². The van der Waals surface area contributed by atoms with Crippen LogP contribution in [0.3, 0.4) is 0 Å². The number of anilines is 1. The second-order valence-electron chi connectivity index (χ2n) is 11.9. The SMILES string of the molecule is Cc1cc(N2C[C@H](S(=O)(=O)c3ccc(F)cc3C(F)(F)F)C[C@H]2C(=O)O)n(-c2ccnc(Cl)c2)n1.N#CC1(c2cc3ccccc3[nH]2)CC1. The Balaban J connectivity index is 0.000000245. The average molecular weight is 715 g/mol. The van der Waals surface area contributed by atoms with Gasteiger partial charge in [0.15, 0.2) is 9.84 Å². The van der Waals surface area contributed by atoms with E-state index in [1.807, 2.05) is 18.2 Å². The summed E-state index contributed by atoms with van der Waals surface area (Å²) in [5.41, 5.74) is 1.27. The number of carboxylic acids is 1. The standard InChI is InChI=1S/C21H17ClF4N4O4S.C12H10N2/c1-11-6-19(30(28-11)13-4-5-27-18(22)8-13)29-10-14(9-16(29)20(31)32)35(33,34)17-3-2-12(23)7-15(17)21(24,25)26;13-8-12(5-6-12)11-7-9-3-1-2-4-10(9)14-11/h2-8,14,16H,9-10H2,1H3,(H,31,32);1-4,7,14H,5-6H2/t14-,16+;/m1./s1. The molecule has 2 N–H and O–H groups in total. The van der Waals surface area contributed by atoms with E-state index < -0.39 is 62.5 Å². The Morgan fingerprint density at radius 3 is 2.49 bits per heavy atom. The zero-order valence-corrected chi connectivity index (χ0v) is 27.2. The quantitative estimate of drug-likeness (QED) is 0.114. The van der Waals surface area contributed by atoms with Gasteiger partial charge in [0.1, 0.15) is 22.8 Å². The highest BCUT2D eigenvalue weighted by Crippen LogP contribution is 2.47. The van der Waals surface area contributed by atoms with Crippen LogP contribution in [-0.2, 0) is 26.2 Å². The lowest BCUT2D eigenvalue weighted by atomic mass is 10.1. The molecular weight excluding hydrogens is 688 g/mol. The lowest BCUT2D eigenvalue weighted by Crippen LogP contribution is -2.37. The van der Waals surface area contributed by atoms with Crippen molar-refractivity contribution >= 4 is 44.1 Å². The smallest absolute Gasteiger partial charge is 0.417 e. The minimum absolute atomic E-state index is 0.111. The van der Waals surface area contributed by atoms with Gasteiger partial charge in [0.25, 0.3) is 0 Å². The molecule has 3 aromatic heterocycles. The summed E-state index contributed by atoms with van der Waals surface area (Å²) in [7, 11) is -4.71. The second-order valence-corrected chi connectivity index (χ2v) is 14.5. The number of nitriles is 1. The Morgan fingerprint density at radius 1 is 1.12 bits per heavy atom. The molecule has 0 bridgehead atoms. The van der Waals surface area contributed by atoms with Gasteiger partial charge >= 0.3 is 12.1 Å². The van der Waals surface area contributed by atoms with E-state index in [4.69, 9.17) is 16.9 Å². The fraction of sp³-hybridized carbons (Fsp3) is 0.273. The third kappa shape index (κ3) is 6.58.